The molecule has 0 saturated carbocycles. The fourth-order valence-electron chi connectivity index (χ4n) is 1.77. The molecular formula is C14H20S. The molecule has 0 aliphatic carbocycles. The molecule has 1 aromatic carbocycles. The van der Waals surface area contributed by atoms with Gasteiger partial charge in [-0.05, 0) is 67.7 Å². The van der Waals surface area contributed by atoms with Gasteiger partial charge in [-0.25, -0.2) is 0 Å². The Morgan fingerprint density at radius 2 is 1.60 bits per heavy atom. The maximum Gasteiger partial charge on any atom is -0.00632 e. The van der Waals surface area contributed by atoms with Gasteiger partial charge in [0.2, 0.25) is 0 Å². The predicted octanol–water partition coefficient (Wildman–Crippen LogP) is 4.25. The predicted molar refractivity (Wildman–Crippen MR) is 72.9 cm³/mol. The summed E-state index contributed by atoms with van der Waals surface area (Å²) in [5.74, 6) is 0.916. The van der Waals surface area contributed by atoms with Gasteiger partial charge in [-0.2, -0.15) is 12.6 Å². The highest BCUT2D eigenvalue weighted by molar-refractivity contribution is 7.80. The number of aryl methyl sites for hydroxylation is 2. The van der Waals surface area contributed by atoms with Crippen molar-refractivity contribution < 1.29 is 0 Å². The van der Waals surface area contributed by atoms with Crippen molar-refractivity contribution in [2.24, 2.45) is 0 Å². The van der Waals surface area contributed by atoms with Crippen molar-refractivity contribution in [2.75, 3.05) is 5.75 Å². The molecule has 0 atom stereocenters. The van der Waals surface area contributed by atoms with Crippen molar-refractivity contribution in [3.63, 3.8) is 0 Å². The fourth-order valence-corrected chi connectivity index (χ4v) is 1.92. The van der Waals surface area contributed by atoms with E-state index in [1.165, 1.54) is 27.8 Å². The molecule has 15 heavy (non-hydrogen) atoms. The van der Waals surface area contributed by atoms with E-state index in [2.05, 4.69) is 58.5 Å². The highest BCUT2D eigenvalue weighted by atomic mass is 32.1. The lowest BCUT2D eigenvalue weighted by atomic mass is 9.94. The van der Waals surface area contributed by atoms with Crippen LogP contribution in [-0.4, -0.2) is 5.75 Å². The van der Waals surface area contributed by atoms with E-state index < -0.39 is 0 Å². The molecule has 0 heterocycles. The molecule has 0 nitrogen and oxygen atoms in total. The van der Waals surface area contributed by atoms with Crippen LogP contribution in [0.2, 0.25) is 0 Å². The molecular weight excluding hydrogens is 200 g/mol. The zero-order chi connectivity index (χ0) is 11.4. The summed E-state index contributed by atoms with van der Waals surface area (Å²) in [6.07, 6.45) is 5.48. The normalized spacial score (nSPS) is 11.3. The second kappa shape index (κ2) is 5.41. The highest BCUT2D eigenvalue weighted by Gasteiger charge is 2.04. The van der Waals surface area contributed by atoms with E-state index >= 15 is 0 Å². The smallest absolute Gasteiger partial charge is 0.00632 e. The summed E-state index contributed by atoms with van der Waals surface area (Å²) >= 11 is 4.21. The summed E-state index contributed by atoms with van der Waals surface area (Å²) in [6.45, 7) is 8.75. The summed E-state index contributed by atoms with van der Waals surface area (Å²) in [4.78, 5) is 0. The SMILES string of the molecule is Cc1cc(C)c(C)c(C=CCCS)c1C. The molecule has 1 rings (SSSR count). The van der Waals surface area contributed by atoms with Crippen molar-refractivity contribution in [1.29, 1.82) is 0 Å². The molecule has 0 aliphatic rings. The minimum absolute atomic E-state index is 0.916. The standard InChI is InChI=1S/C14H20S/c1-10-9-11(2)13(4)14(12(10)3)7-5-6-8-15/h5,7,9,15H,6,8H2,1-4H3. The topological polar surface area (TPSA) is 0 Å². The van der Waals surface area contributed by atoms with Crippen molar-refractivity contribution in [3.05, 3.63) is 40.0 Å². The van der Waals surface area contributed by atoms with Gasteiger partial charge in [-0.3, -0.25) is 0 Å². The van der Waals surface area contributed by atoms with Gasteiger partial charge in [0.15, 0.2) is 0 Å². The molecule has 82 valence electrons. The van der Waals surface area contributed by atoms with Crippen LogP contribution in [0.4, 0.5) is 0 Å². The summed E-state index contributed by atoms with van der Waals surface area (Å²) in [5, 5.41) is 0. The first-order chi connectivity index (χ1) is 7.07. The van der Waals surface area contributed by atoms with Crippen LogP contribution in [0.25, 0.3) is 6.08 Å². The van der Waals surface area contributed by atoms with Gasteiger partial charge in [-0.1, -0.05) is 18.2 Å². The zero-order valence-electron chi connectivity index (χ0n) is 10.1. The van der Waals surface area contributed by atoms with Gasteiger partial charge in [0.25, 0.3) is 0 Å². The van der Waals surface area contributed by atoms with Crippen LogP contribution in [0.1, 0.15) is 34.2 Å². The number of benzene rings is 1. The molecule has 0 unspecified atom stereocenters. The Hall–Kier alpha value is -0.690. The molecule has 0 aliphatic heterocycles. The average Bonchev–Trinajstić information content (AvgIpc) is 2.20. The van der Waals surface area contributed by atoms with Gasteiger partial charge >= 0.3 is 0 Å². The lowest BCUT2D eigenvalue weighted by Crippen LogP contribution is -1.94. The van der Waals surface area contributed by atoms with E-state index in [9.17, 15) is 0 Å². The Bertz CT molecular complexity index is 349. The third kappa shape index (κ3) is 2.88. The Labute approximate surface area is 98.8 Å². The molecule has 0 saturated heterocycles. The van der Waals surface area contributed by atoms with Crippen molar-refractivity contribution in [3.8, 4) is 0 Å². The first kappa shape index (κ1) is 12.4. The monoisotopic (exact) mass is 220 g/mol. The molecule has 0 fully saturated rings. The number of thiol groups is 1. The number of rotatable bonds is 3. The van der Waals surface area contributed by atoms with Crippen molar-refractivity contribution in [1.82, 2.24) is 0 Å². The average molecular weight is 220 g/mol. The van der Waals surface area contributed by atoms with Crippen LogP contribution in [0.5, 0.6) is 0 Å². The second-order valence-corrected chi connectivity index (χ2v) is 4.54. The first-order valence-electron chi connectivity index (χ1n) is 5.42. The van der Waals surface area contributed by atoms with Crippen LogP contribution in [0, 0.1) is 27.7 Å². The van der Waals surface area contributed by atoms with Gasteiger partial charge in [-0.15, -0.1) is 0 Å². The first-order valence-corrected chi connectivity index (χ1v) is 6.06. The summed E-state index contributed by atoms with van der Waals surface area (Å²) in [7, 11) is 0. The van der Waals surface area contributed by atoms with Gasteiger partial charge in [0.05, 0.1) is 0 Å². The largest absolute Gasteiger partial charge is 0.179 e. The third-order valence-corrected chi connectivity index (χ3v) is 3.26. The Morgan fingerprint density at radius 1 is 1.07 bits per heavy atom. The number of allylic oxidation sites excluding steroid dienone is 1. The lowest BCUT2D eigenvalue weighted by Gasteiger charge is -2.12. The second-order valence-electron chi connectivity index (χ2n) is 4.09. The van der Waals surface area contributed by atoms with E-state index in [1.807, 2.05) is 0 Å². The maximum absolute atomic E-state index is 4.21. The van der Waals surface area contributed by atoms with E-state index in [0.29, 0.717) is 0 Å². The minimum atomic E-state index is 0.916. The summed E-state index contributed by atoms with van der Waals surface area (Å²) < 4.78 is 0. The molecule has 1 aromatic rings. The van der Waals surface area contributed by atoms with Crippen molar-refractivity contribution in [2.45, 2.75) is 34.1 Å². The molecule has 0 amide bonds. The van der Waals surface area contributed by atoms with E-state index in [1.54, 1.807) is 0 Å². The Balaban J connectivity index is 3.15. The van der Waals surface area contributed by atoms with E-state index in [-0.39, 0.29) is 0 Å². The van der Waals surface area contributed by atoms with Crippen LogP contribution in [0.15, 0.2) is 12.1 Å². The zero-order valence-corrected chi connectivity index (χ0v) is 11.0. The van der Waals surface area contributed by atoms with Crippen LogP contribution in [-0.2, 0) is 0 Å². The van der Waals surface area contributed by atoms with Gasteiger partial charge in [0, 0.05) is 0 Å². The van der Waals surface area contributed by atoms with Gasteiger partial charge in [0.1, 0.15) is 0 Å². The Kier molecular flexibility index (Phi) is 4.46. The molecule has 0 spiro atoms. The molecule has 0 radical (unpaired) electrons. The summed E-state index contributed by atoms with van der Waals surface area (Å²) in [6, 6.07) is 2.26. The van der Waals surface area contributed by atoms with Crippen molar-refractivity contribution >= 4 is 18.7 Å². The molecule has 0 bridgehead atoms. The molecule has 0 N–H and O–H groups in total. The number of hydrogen-bond acceptors (Lipinski definition) is 1. The summed E-state index contributed by atoms with van der Waals surface area (Å²) in [5.41, 5.74) is 6.93. The fraction of sp³-hybridized carbons (Fsp3) is 0.429. The molecule has 1 heteroatoms. The minimum Gasteiger partial charge on any atom is -0.179 e. The Morgan fingerprint density at radius 3 is 2.07 bits per heavy atom. The molecule has 0 aromatic heterocycles. The maximum atomic E-state index is 4.21. The van der Waals surface area contributed by atoms with Gasteiger partial charge < -0.3 is 0 Å². The third-order valence-electron chi connectivity index (χ3n) is 3.00. The van der Waals surface area contributed by atoms with E-state index in [0.717, 1.165) is 12.2 Å². The lowest BCUT2D eigenvalue weighted by molar-refractivity contribution is 1.22. The van der Waals surface area contributed by atoms with Crippen LogP contribution >= 0.6 is 12.6 Å². The number of hydrogen-bond donors (Lipinski definition) is 1. The van der Waals surface area contributed by atoms with Crippen LogP contribution < -0.4 is 0 Å². The quantitative estimate of drug-likeness (QED) is 0.723. The van der Waals surface area contributed by atoms with E-state index in [4.69, 9.17) is 0 Å². The highest BCUT2D eigenvalue weighted by Crippen LogP contribution is 2.22. The van der Waals surface area contributed by atoms with Crippen LogP contribution in [0.3, 0.4) is 0 Å².